The van der Waals surface area contributed by atoms with Crippen molar-refractivity contribution in [2.75, 3.05) is 0 Å². The Kier molecular flexibility index (Phi) is 2.90. The summed E-state index contributed by atoms with van der Waals surface area (Å²) in [6, 6.07) is 3.98. The first kappa shape index (κ1) is 11.1. The van der Waals surface area contributed by atoms with Gasteiger partial charge in [-0.25, -0.2) is 0 Å². The molecule has 90 valence electrons. The summed E-state index contributed by atoms with van der Waals surface area (Å²) in [6.45, 7) is 0. The number of hydrogen-bond donors (Lipinski definition) is 0. The molecule has 5 nitrogen and oxygen atoms in total. The summed E-state index contributed by atoms with van der Waals surface area (Å²) in [6.07, 6.45) is 8.46. The Morgan fingerprint density at radius 2 is 1.83 bits per heavy atom. The van der Waals surface area contributed by atoms with Crippen molar-refractivity contribution in [2.24, 2.45) is 0 Å². The van der Waals surface area contributed by atoms with Gasteiger partial charge in [0.2, 0.25) is 0 Å². The van der Waals surface area contributed by atoms with Crippen LogP contribution in [-0.4, -0.2) is 24.6 Å². The van der Waals surface area contributed by atoms with E-state index in [0.717, 1.165) is 18.7 Å². The maximum atomic E-state index is 6.10. The van der Waals surface area contributed by atoms with Crippen LogP contribution in [0, 0.1) is 0 Å². The van der Waals surface area contributed by atoms with Gasteiger partial charge >= 0.3 is 0 Å². The molecule has 3 aromatic rings. The topological polar surface area (TPSA) is 56.0 Å². The van der Waals surface area contributed by atoms with E-state index in [0.29, 0.717) is 10.8 Å². The highest BCUT2D eigenvalue weighted by atomic mass is 35.5. The first-order valence-electron chi connectivity index (χ1n) is 5.57. The molecule has 0 aromatic carbocycles. The minimum absolute atomic E-state index is 0.530. The van der Waals surface area contributed by atoms with E-state index in [1.165, 1.54) is 5.56 Å². The van der Waals surface area contributed by atoms with Gasteiger partial charge in [-0.2, -0.15) is 0 Å². The van der Waals surface area contributed by atoms with E-state index in [1.807, 2.05) is 16.5 Å². The molecule has 0 saturated carbocycles. The lowest BCUT2D eigenvalue weighted by molar-refractivity contribution is 0.836. The zero-order valence-electron chi connectivity index (χ0n) is 9.49. The third-order valence-electron chi connectivity index (χ3n) is 2.73. The highest BCUT2D eigenvalue weighted by Gasteiger charge is 2.08. The van der Waals surface area contributed by atoms with Crippen LogP contribution in [0.15, 0.2) is 36.9 Å². The predicted molar refractivity (Wildman–Crippen MR) is 67.4 cm³/mol. The molecule has 0 saturated heterocycles. The number of fused-ring (bicyclic) bond motifs is 1. The van der Waals surface area contributed by atoms with Crippen molar-refractivity contribution in [3.8, 4) is 0 Å². The number of rotatable bonds is 3. The van der Waals surface area contributed by atoms with Crippen LogP contribution in [0.2, 0.25) is 5.15 Å². The molecule has 6 heteroatoms. The third-order valence-corrected chi connectivity index (χ3v) is 2.99. The van der Waals surface area contributed by atoms with Crippen LogP contribution in [0.25, 0.3) is 5.65 Å². The molecule has 0 fully saturated rings. The maximum Gasteiger partial charge on any atom is 0.180 e. The zero-order valence-corrected chi connectivity index (χ0v) is 10.2. The Hall–Kier alpha value is -2.01. The molecule has 0 aliphatic carbocycles. The number of hydrogen-bond acceptors (Lipinski definition) is 4. The minimum Gasteiger partial charge on any atom is -0.266 e. The van der Waals surface area contributed by atoms with E-state index in [1.54, 1.807) is 24.8 Å². The lowest BCUT2D eigenvalue weighted by Gasteiger charge is -2.01. The van der Waals surface area contributed by atoms with E-state index in [9.17, 15) is 0 Å². The Balaban J connectivity index is 1.87. The molecule has 3 rings (SSSR count). The van der Waals surface area contributed by atoms with Crippen molar-refractivity contribution >= 4 is 17.2 Å². The van der Waals surface area contributed by atoms with Crippen molar-refractivity contribution in [3.05, 3.63) is 53.5 Å². The maximum absolute atomic E-state index is 6.10. The molecule has 0 N–H and O–H groups in total. The second kappa shape index (κ2) is 4.70. The van der Waals surface area contributed by atoms with Crippen molar-refractivity contribution in [2.45, 2.75) is 12.8 Å². The van der Waals surface area contributed by atoms with Gasteiger partial charge in [0.05, 0.1) is 12.4 Å². The van der Waals surface area contributed by atoms with Gasteiger partial charge in [-0.05, 0) is 24.1 Å². The molecule has 0 aliphatic rings. The third kappa shape index (κ3) is 2.04. The standard InChI is InChI=1S/C12H10ClN5/c13-10-7-15-8-12-17-16-11(18(10)12)2-1-9-3-5-14-6-4-9/h3-8H,1-2H2. The molecule has 0 bridgehead atoms. The number of aryl methyl sites for hydroxylation is 2. The van der Waals surface area contributed by atoms with Crippen LogP contribution in [-0.2, 0) is 12.8 Å². The molecular weight excluding hydrogens is 250 g/mol. The largest absolute Gasteiger partial charge is 0.266 e. The minimum atomic E-state index is 0.530. The van der Waals surface area contributed by atoms with Gasteiger partial charge < -0.3 is 0 Å². The summed E-state index contributed by atoms with van der Waals surface area (Å²) >= 11 is 6.10. The lowest BCUT2D eigenvalue weighted by Crippen LogP contribution is -1.99. The molecule has 18 heavy (non-hydrogen) atoms. The van der Waals surface area contributed by atoms with Crippen molar-refractivity contribution in [3.63, 3.8) is 0 Å². The normalized spacial score (nSPS) is 10.9. The van der Waals surface area contributed by atoms with Crippen molar-refractivity contribution in [1.29, 1.82) is 0 Å². The van der Waals surface area contributed by atoms with Gasteiger partial charge in [-0.1, -0.05) is 11.6 Å². The second-order valence-corrected chi connectivity index (χ2v) is 4.28. The quantitative estimate of drug-likeness (QED) is 0.722. The van der Waals surface area contributed by atoms with Gasteiger partial charge in [0.25, 0.3) is 0 Å². The smallest absolute Gasteiger partial charge is 0.180 e. The van der Waals surface area contributed by atoms with Gasteiger partial charge in [0, 0.05) is 18.8 Å². The first-order chi connectivity index (χ1) is 8.84. The first-order valence-corrected chi connectivity index (χ1v) is 5.95. The van der Waals surface area contributed by atoms with E-state index in [4.69, 9.17) is 11.6 Å². The molecule has 3 aromatic heterocycles. The van der Waals surface area contributed by atoms with Gasteiger partial charge in [0.1, 0.15) is 11.0 Å². The average Bonchev–Trinajstić information content (AvgIpc) is 2.82. The fourth-order valence-corrected chi connectivity index (χ4v) is 2.08. The summed E-state index contributed by atoms with van der Waals surface area (Å²) in [5.74, 6) is 0.842. The molecule has 0 aliphatic heterocycles. The monoisotopic (exact) mass is 259 g/mol. The van der Waals surface area contributed by atoms with E-state index in [-0.39, 0.29) is 0 Å². The number of aromatic nitrogens is 5. The molecule has 0 amide bonds. The van der Waals surface area contributed by atoms with Gasteiger partial charge in [-0.3, -0.25) is 14.4 Å². The van der Waals surface area contributed by atoms with Crippen LogP contribution in [0.1, 0.15) is 11.4 Å². The van der Waals surface area contributed by atoms with Crippen molar-refractivity contribution < 1.29 is 0 Å². The lowest BCUT2D eigenvalue weighted by atomic mass is 10.1. The van der Waals surface area contributed by atoms with E-state index >= 15 is 0 Å². The fourth-order valence-electron chi connectivity index (χ4n) is 1.84. The summed E-state index contributed by atoms with van der Waals surface area (Å²) in [4.78, 5) is 7.97. The second-order valence-electron chi connectivity index (χ2n) is 3.90. The molecule has 0 radical (unpaired) electrons. The molecule has 0 unspecified atom stereocenters. The van der Waals surface area contributed by atoms with E-state index in [2.05, 4.69) is 20.2 Å². The van der Waals surface area contributed by atoms with Gasteiger partial charge in [0.15, 0.2) is 5.65 Å². The van der Waals surface area contributed by atoms with Gasteiger partial charge in [-0.15, -0.1) is 10.2 Å². The Morgan fingerprint density at radius 3 is 2.67 bits per heavy atom. The highest BCUT2D eigenvalue weighted by molar-refractivity contribution is 6.29. The summed E-state index contributed by atoms with van der Waals surface area (Å²) in [5.41, 5.74) is 1.89. The van der Waals surface area contributed by atoms with Crippen LogP contribution in [0.5, 0.6) is 0 Å². The predicted octanol–water partition coefficient (Wildman–Crippen LogP) is 1.96. The highest BCUT2D eigenvalue weighted by Crippen LogP contribution is 2.13. The Bertz CT molecular complexity index is 665. The zero-order chi connectivity index (χ0) is 12.4. The number of pyridine rings is 1. The fraction of sp³-hybridized carbons (Fsp3) is 0.167. The number of halogens is 1. The SMILES string of the molecule is Clc1cncc2nnc(CCc3ccncc3)n12. The van der Waals surface area contributed by atoms with Crippen LogP contribution in [0.3, 0.4) is 0 Å². The van der Waals surface area contributed by atoms with Crippen LogP contribution in [0.4, 0.5) is 0 Å². The Morgan fingerprint density at radius 1 is 1.00 bits per heavy atom. The average molecular weight is 260 g/mol. The summed E-state index contributed by atoms with van der Waals surface area (Å²) in [7, 11) is 0. The summed E-state index contributed by atoms with van der Waals surface area (Å²) in [5, 5.41) is 8.72. The van der Waals surface area contributed by atoms with Crippen molar-refractivity contribution in [1.82, 2.24) is 24.6 Å². The molecular formula is C12H10ClN5. The number of nitrogens with zero attached hydrogens (tertiary/aromatic N) is 5. The van der Waals surface area contributed by atoms with Crippen LogP contribution >= 0.6 is 11.6 Å². The molecule has 3 heterocycles. The van der Waals surface area contributed by atoms with E-state index < -0.39 is 0 Å². The molecule has 0 spiro atoms. The Labute approximate surface area is 108 Å². The van der Waals surface area contributed by atoms with Crippen LogP contribution < -0.4 is 0 Å². The summed E-state index contributed by atoms with van der Waals surface area (Å²) < 4.78 is 1.82. The molecule has 0 atom stereocenters.